The van der Waals surface area contributed by atoms with E-state index in [1.165, 1.54) is 7.11 Å². The summed E-state index contributed by atoms with van der Waals surface area (Å²) in [6.45, 7) is 1.67. The van der Waals surface area contributed by atoms with Gasteiger partial charge >= 0.3 is 5.97 Å². The lowest BCUT2D eigenvalue weighted by Gasteiger charge is -2.06. The zero-order valence-electron chi connectivity index (χ0n) is 15.5. The summed E-state index contributed by atoms with van der Waals surface area (Å²) in [7, 11) is 1.53. The van der Waals surface area contributed by atoms with Gasteiger partial charge in [-0.25, -0.2) is 9.78 Å². The van der Waals surface area contributed by atoms with E-state index in [1.807, 2.05) is 24.4 Å². The van der Waals surface area contributed by atoms with E-state index in [1.54, 1.807) is 59.5 Å². The van der Waals surface area contributed by atoms with Crippen molar-refractivity contribution < 1.29 is 19.1 Å². The fourth-order valence-corrected chi connectivity index (χ4v) is 3.92. The first-order valence-electron chi connectivity index (χ1n) is 8.53. The van der Waals surface area contributed by atoms with Gasteiger partial charge in [-0.3, -0.25) is 4.79 Å². The molecule has 3 rings (SSSR count). The lowest BCUT2D eigenvalue weighted by atomic mass is 10.1. The largest absolute Gasteiger partial charge is 0.497 e. The molecular formula is C21H19NO4S2. The summed E-state index contributed by atoms with van der Waals surface area (Å²) in [6, 6.07) is 13.9. The smallest absolute Gasteiger partial charge is 0.338 e. The number of aryl methyl sites for hydroxylation is 1. The van der Waals surface area contributed by atoms with Gasteiger partial charge in [0.25, 0.3) is 0 Å². The molecule has 5 nitrogen and oxygen atoms in total. The van der Waals surface area contributed by atoms with Crippen LogP contribution < -0.4 is 4.74 Å². The Morgan fingerprint density at radius 2 is 1.89 bits per heavy atom. The van der Waals surface area contributed by atoms with Crippen LogP contribution in [0.4, 0.5) is 0 Å². The number of Topliss-reactive ketones (excluding diaryl/α,β-unsaturated/α-hetero) is 1. The quantitative estimate of drug-likeness (QED) is 0.300. The molecule has 0 aliphatic heterocycles. The van der Waals surface area contributed by atoms with Crippen LogP contribution in [-0.4, -0.2) is 30.5 Å². The SMILES string of the molecule is COc1cccc(C(=O)COC(=O)c2ccc(SCc3csc(C)n3)cc2)c1. The Bertz CT molecular complexity index is 967. The van der Waals surface area contributed by atoms with Gasteiger partial charge in [0.1, 0.15) is 5.75 Å². The average molecular weight is 414 g/mol. The van der Waals surface area contributed by atoms with Crippen molar-refractivity contribution in [1.82, 2.24) is 4.98 Å². The molecule has 0 spiro atoms. The molecule has 2 aromatic carbocycles. The molecule has 7 heteroatoms. The van der Waals surface area contributed by atoms with E-state index >= 15 is 0 Å². The van der Waals surface area contributed by atoms with Gasteiger partial charge in [-0.05, 0) is 43.3 Å². The highest BCUT2D eigenvalue weighted by atomic mass is 32.2. The van der Waals surface area contributed by atoms with Crippen molar-refractivity contribution in [3.63, 3.8) is 0 Å². The third-order valence-corrected chi connectivity index (χ3v) is 5.74. The number of esters is 1. The average Bonchev–Trinajstić information content (AvgIpc) is 3.15. The van der Waals surface area contributed by atoms with Crippen molar-refractivity contribution in [2.24, 2.45) is 0 Å². The van der Waals surface area contributed by atoms with E-state index in [0.29, 0.717) is 16.9 Å². The maximum atomic E-state index is 12.2. The highest BCUT2D eigenvalue weighted by Crippen LogP contribution is 2.24. The molecule has 0 aliphatic carbocycles. The second-order valence-corrected chi connectivity index (χ2v) is 8.01. The van der Waals surface area contributed by atoms with Crippen molar-refractivity contribution in [3.05, 3.63) is 75.7 Å². The van der Waals surface area contributed by atoms with E-state index < -0.39 is 5.97 Å². The van der Waals surface area contributed by atoms with Crippen molar-refractivity contribution in [1.29, 1.82) is 0 Å². The van der Waals surface area contributed by atoms with E-state index in [2.05, 4.69) is 4.98 Å². The molecule has 0 fully saturated rings. The topological polar surface area (TPSA) is 65.5 Å². The first kappa shape index (κ1) is 20.1. The molecule has 0 radical (unpaired) electrons. The van der Waals surface area contributed by atoms with E-state index in [-0.39, 0.29) is 12.4 Å². The molecule has 0 atom stereocenters. The number of hydrogen-bond acceptors (Lipinski definition) is 7. The van der Waals surface area contributed by atoms with Crippen molar-refractivity contribution in [3.8, 4) is 5.75 Å². The number of thioether (sulfide) groups is 1. The summed E-state index contributed by atoms with van der Waals surface area (Å²) in [6.07, 6.45) is 0. The number of nitrogens with zero attached hydrogens (tertiary/aromatic N) is 1. The molecule has 0 saturated carbocycles. The van der Waals surface area contributed by atoms with Crippen LogP contribution in [0, 0.1) is 6.92 Å². The Morgan fingerprint density at radius 3 is 2.57 bits per heavy atom. The maximum absolute atomic E-state index is 12.2. The van der Waals surface area contributed by atoms with E-state index in [4.69, 9.17) is 9.47 Å². The number of ketones is 1. The van der Waals surface area contributed by atoms with Crippen LogP contribution in [0.2, 0.25) is 0 Å². The molecule has 0 saturated heterocycles. The normalized spacial score (nSPS) is 10.5. The number of rotatable bonds is 8. The van der Waals surface area contributed by atoms with Gasteiger partial charge in [-0.2, -0.15) is 0 Å². The van der Waals surface area contributed by atoms with Crippen molar-refractivity contribution in [2.45, 2.75) is 17.6 Å². The summed E-state index contributed by atoms with van der Waals surface area (Å²) in [5.74, 6) is 0.558. The van der Waals surface area contributed by atoms with Crippen LogP contribution in [0.25, 0.3) is 0 Å². The second-order valence-electron chi connectivity index (χ2n) is 5.90. The highest BCUT2D eigenvalue weighted by molar-refractivity contribution is 7.98. The van der Waals surface area contributed by atoms with Gasteiger partial charge in [-0.1, -0.05) is 12.1 Å². The summed E-state index contributed by atoms with van der Waals surface area (Å²) in [5, 5.41) is 3.10. The highest BCUT2D eigenvalue weighted by Gasteiger charge is 2.12. The number of methoxy groups -OCH3 is 1. The van der Waals surface area contributed by atoms with Gasteiger partial charge in [0.05, 0.1) is 23.4 Å². The van der Waals surface area contributed by atoms with Gasteiger partial charge in [0, 0.05) is 21.6 Å². The summed E-state index contributed by atoms with van der Waals surface area (Å²) in [4.78, 5) is 29.8. The fraction of sp³-hybridized carbons (Fsp3) is 0.190. The third-order valence-electron chi connectivity index (χ3n) is 3.87. The molecule has 0 bridgehead atoms. The molecule has 0 unspecified atom stereocenters. The number of carbonyl (C=O) groups is 2. The summed E-state index contributed by atoms with van der Waals surface area (Å²) < 4.78 is 10.2. The molecule has 1 heterocycles. The number of thiazole rings is 1. The molecule has 0 aliphatic rings. The van der Waals surface area contributed by atoms with Gasteiger partial charge in [0.15, 0.2) is 12.4 Å². The second kappa shape index (κ2) is 9.52. The van der Waals surface area contributed by atoms with Crippen LogP contribution in [0.3, 0.4) is 0 Å². The number of ether oxygens (including phenoxy) is 2. The van der Waals surface area contributed by atoms with Crippen LogP contribution in [0.5, 0.6) is 5.75 Å². The molecule has 0 N–H and O–H groups in total. The van der Waals surface area contributed by atoms with Crippen molar-refractivity contribution in [2.75, 3.05) is 13.7 Å². The zero-order chi connectivity index (χ0) is 19.9. The van der Waals surface area contributed by atoms with E-state index in [0.717, 1.165) is 21.3 Å². The standard InChI is InChI=1S/C21H19NO4S2/c1-14-22-17(12-27-14)13-28-19-8-6-15(7-9-19)21(24)26-11-20(23)16-4-3-5-18(10-16)25-2/h3-10,12H,11,13H2,1-2H3. The van der Waals surface area contributed by atoms with Gasteiger partial charge in [0.2, 0.25) is 0 Å². The third kappa shape index (κ3) is 5.43. The lowest BCUT2D eigenvalue weighted by Crippen LogP contribution is -2.14. The minimum atomic E-state index is -0.525. The Morgan fingerprint density at radius 1 is 1.11 bits per heavy atom. The number of aromatic nitrogens is 1. The number of carbonyl (C=O) groups excluding carboxylic acids is 2. The molecule has 0 amide bonds. The summed E-state index contributed by atoms with van der Waals surface area (Å²) >= 11 is 3.29. The predicted molar refractivity (Wildman–Crippen MR) is 110 cm³/mol. The van der Waals surface area contributed by atoms with Crippen LogP contribution in [0.1, 0.15) is 31.4 Å². The Labute approximate surface area is 171 Å². The Balaban J connectivity index is 1.51. The fourth-order valence-electron chi connectivity index (χ4n) is 2.41. The summed E-state index contributed by atoms with van der Waals surface area (Å²) in [5.41, 5.74) is 1.90. The molecular weight excluding hydrogens is 394 g/mol. The maximum Gasteiger partial charge on any atom is 0.338 e. The van der Waals surface area contributed by atoms with Crippen LogP contribution in [0.15, 0.2) is 58.8 Å². The molecule has 28 heavy (non-hydrogen) atoms. The predicted octanol–water partition coefficient (Wildman–Crippen LogP) is 4.79. The molecule has 1 aromatic heterocycles. The zero-order valence-corrected chi connectivity index (χ0v) is 17.1. The van der Waals surface area contributed by atoms with Crippen molar-refractivity contribution >= 4 is 34.9 Å². The Kier molecular flexibility index (Phi) is 6.84. The number of hydrogen-bond donors (Lipinski definition) is 0. The Hall–Kier alpha value is -2.64. The van der Waals surface area contributed by atoms with Gasteiger partial charge in [-0.15, -0.1) is 23.1 Å². The van der Waals surface area contributed by atoms with E-state index in [9.17, 15) is 9.59 Å². The monoisotopic (exact) mass is 413 g/mol. The molecule has 3 aromatic rings. The first-order valence-corrected chi connectivity index (χ1v) is 10.4. The first-order chi connectivity index (χ1) is 13.5. The van der Waals surface area contributed by atoms with Crippen LogP contribution >= 0.6 is 23.1 Å². The van der Waals surface area contributed by atoms with Gasteiger partial charge < -0.3 is 9.47 Å². The minimum Gasteiger partial charge on any atom is -0.497 e. The lowest BCUT2D eigenvalue weighted by molar-refractivity contribution is 0.0474. The van der Waals surface area contributed by atoms with Crippen LogP contribution in [-0.2, 0) is 10.5 Å². The number of benzene rings is 2. The molecule has 144 valence electrons. The minimum absolute atomic E-state index is 0.280.